The maximum atomic E-state index is 13.2. The van der Waals surface area contributed by atoms with Gasteiger partial charge in [0.15, 0.2) is 0 Å². The average Bonchev–Trinajstić information content (AvgIpc) is 3.06. The molecule has 0 spiro atoms. The second-order valence-electron chi connectivity index (χ2n) is 14.9. The fourth-order valence-electron chi connectivity index (χ4n) is 5.38. The summed E-state index contributed by atoms with van der Waals surface area (Å²) in [5.74, 6) is 0. The minimum Gasteiger partial charge on any atom is -0.449 e. The molecule has 278 valence electrons. The predicted molar refractivity (Wildman–Crippen MR) is 210 cm³/mol. The molecule has 3 aromatic carbocycles. The smallest absolute Gasteiger partial charge is 0.408 e. The van der Waals surface area contributed by atoms with Crippen LogP contribution < -0.4 is 16.0 Å². The van der Waals surface area contributed by atoms with Crippen molar-refractivity contribution in [2.24, 2.45) is 0 Å². The van der Waals surface area contributed by atoms with Gasteiger partial charge in [0, 0.05) is 6.42 Å². The van der Waals surface area contributed by atoms with Crippen molar-refractivity contribution in [1.29, 1.82) is 0 Å². The summed E-state index contributed by atoms with van der Waals surface area (Å²) < 4.78 is 16.8. The van der Waals surface area contributed by atoms with Crippen LogP contribution in [-0.4, -0.2) is 37.6 Å². The summed E-state index contributed by atoms with van der Waals surface area (Å²) >= 11 is 0. The topological polar surface area (TPSA) is 115 Å². The van der Waals surface area contributed by atoms with Crippen LogP contribution in [0.5, 0.6) is 0 Å². The summed E-state index contributed by atoms with van der Waals surface area (Å²) in [5, 5.41) is 8.68. The molecule has 0 radical (unpaired) electrons. The SMILES string of the molecule is C=C(C)c1ccc(C(C)(C)NC(=O)OCC(CCOC(=O)NC(C)(C)c2cccc(C(=C)C)c2)OC(=O)NC(C)(C)c2ccc(C(=C)C)cc2)cc1. The van der Waals surface area contributed by atoms with Crippen molar-refractivity contribution in [3.8, 4) is 0 Å². The molecule has 0 saturated heterocycles. The van der Waals surface area contributed by atoms with E-state index < -0.39 is 41.0 Å². The van der Waals surface area contributed by atoms with Crippen molar-refractivity contribution >= 4 is 35.0 Å². The highest BCUT2D eigenvalue weighted by atomic mass is 16.6. The number of alkyl carbamates (subject to hydrolysis) is 3. The molecule has 0 heterocycles. The molecule has 0 bridgehead atoms. The molecular formula is C43H55N3O6. The standard InChI is InChI=1S/C43H55N3O6/c1-28(2)31-16-20-34(21-17-31)41(7,8)45-39(48)51-27-37(52-40(49)46-42(9,10)35-22-18-32(19-23-35)29(3)4)24-25-50-38(47)44-43(11,12)36-15-13-14-33(26-36)30(5)6/h13-23,26,37H,1,3,5,24-25,27H2,2,4,6-12H3,(H,44,47)(H,45,48)(H,46,49). The predicted octanol–water partition coefficient (Wildman–Crippen LogP) is 9.83. The van der Waals surface area contributed by atoms with Crippen molar-refractivity contribution in [2.45, 2.75) is 91.5 Å². The number of rotatable bonds is 15. The van der Waals surface area contributed by atoms with Crippen LogP contribution in [0, 0.1) is 0 Å². The van der Waals surface area contributed by atoms with E-state index in [-0.39, 0.29) is 19.6 Å². The van der Waals surface area contributed by atoms with E-state index in [0.29, 0.717) is 0 Å². The second-order valence-corrected chi connectivity index (χ2v) is 14.9. The average molecular weight is 710 g/mol. The van der Waals surface area contributed by atoms with Crippen LogP contribution in [-0.2, 0) is 30.8 Å². The Labute approximate surface area is 309 Å². The number of ether oxygens (including phenoxy) is 3. The van der Waals surface area contributed by atoms with Gasteiger partial charge in [-0.05, 0) is 102 Å². The molecule has 3 rings (SSSR count). The Bertz CT molecular complexity index is 1770. The van der Waals surface area contributed by atoms with E-state index in [0.717, 1.165) is 50.1 Å². The molecule has 52 heavy (non-hydrogen) atoms. The van der Waals surface area contributed by atoms with Crippen LogP contribution in [0.2, 0.25) is 0 Å². The first-order valence-corrected chi connectivity index (χ1v) is 17.4. The second kappa shape index (κ2) is 17.3. The van der Waals surface area contributed by atoms with E-state index in [4.69, 9.17) is 14.2 Å². The van der Waals surface area contributed by atoms with Gasteiger partial charge in [-0.25, -0.2) is 14.4 Å². The quantitative estimate of drug-likeness (QED) is 0.135. The Morgan fingerprint density at radius 1 is 0.577 bits per heavy atom. The maximum absolute atomic E-state index is 13.2. The molecule has 0 saturated carbocycles. The molecule has 9 nitrogen and oxygen atoms in total. The van der Waals surface area contributed by atoms with Gasteiger partial charge in [-0.3, -0.25) is 0 Å². The normalized spacial score (nSPS) is 12.2. The summed E-state index contributed by atoms with van der Waals surface area (Å²) in [6.45, 7) is 28.5. The number of amides is 3. The monoisotopic (exact) mass is 709 g/mol. The number of carbonyl (C=O) groups excluding carboxylic acids is 3. The fourth-order valence-corrected chi connectivity index (χ4v) is 5.38. The maximum Gasteiger partial charge on any atom is 0.408 e. The van der Waals surface area contributed by atoms with Gasteiger partial charge >= 0.3 is 18.3 Å². The molecule has 0 aliphatic heterocycles. The van der Waals surface area contributed by atoms with Gasteiger partial charge in [0.05, 0.1) is 23.2 Å². The number of carbonyl (C=O) groups is 3. The van der Waals surface area contributed by atoms with E-state index in [1.807, 2.05) is 135 Å². The highest BCUT2D eigenvalue weighted by Crippen LogP contribution is 2.26. The van der Waals surface area contributed by atoms with Crippen molar-refractivity contribution in [3.63, 3.8) is 0 Å². The van der Waals surface area contributed by atoms with Crippen LogP contribution >= 0.6 is 0 Å². The van der Waals surface area contributed by atoms with E-state index >= 15 is 0 Å². The third kappa shape index (κ3) is 11.9. The van der Waals surface area contributed by atoms with E-state index in [1.54, 1.807) is 0 Å². The Balaban J connectivity index is 1.67. The van der Waals surface area contributed by atoms with Gasteiger partial charge in [0.25, 0.3) is 0 Å². The lowest BCUT2D eigenvalue weighted by Gasteiger charge is -2.29. The molecular weight excluding hydrogens is 654 g/mol. The molecule has 3 N–H and O–H groups in total. The third-order valence-corrected chi connectivity index (χ3v) is 8.87. The van der Waals surface area contributed by atoms with E-state index in [2.05, 4.69) is 35.7 Å². The number of hydrogen-bond donors (Lipinski definition) is 3. The summed E-state index contributed by atoms with van der Waals surface area (Å²) in [4.78, 5) is 39.2. The summed E-state index contributed by atoms with van der Waals surface area (Å²) in [6.07, 6.45) is -2.92. The lowest BCUT2D eigenvalue weighted by atomic mass is 9.92. The van der Waals surface area contributed by atoms with Crippen LogP contribution in [0.15, 0.2) is 92.5 Å². The van der Waals surface area contributed by atoms with E-state index in [1.165, 1.54) is 0 Å². The lowest BCUT2D eigenvalue weighted by molar-refractivity contribution is 0.0236. The number of allylic oxidation sites excluding steroid dienone is 3. The van der Waals surface area contributed by atoms with E-state index in [9.17, 15) is 14.4 Å². The fraction of sp³-hybridized carbons (Fsp3) is 0.372. The Morgan fingerprint density at radius 3 is 1.46 bits per heavy atom. The van der Waals surface area contributed by atoms with Crippen LogP contribution in [0.4, 0.5) is 14.4 Å². The minimum atomic E-state index is -0.932. The first-order chi connectivity index (χ1) is 24.2. The van der Waals surface area contributed by atoms with Gasteiger partial charge in [0.1, 0.15) is 12.7 Å². The van der Waals surface area contributed by atoms with Crippen LogP contribution in [0.1, 0.15) is 102 Å². The highest BCUT2D eigenvalue weighted by molar-refractivity contribution is 5.71. The zero-order valence-corrected chi connectivity index (χ0v) is 32.2. The van der Waals surface area contributed by atoms with Gasteiger partial charge in [-0.2, -0.15) is 0 Å². The zero-order valence-electron chi connectivity index (χ0n) is 32.2. The van der Waals surface area contributed by atoms with Gasteiger partial charge in [0.2, 0.25) is 0 Å². The summed E-state index contributed by atoms with van der Waals surface area (Å²) in [5.41, 5.74) is 6.07. The first kappa shape index (κ1) is 41.1. The lowest BCUT2D eigenvalue weighted by Crippen LogP contribution is -2.45. The minimum absolute atomic E-state index is 0.0686. The third-order valence-electron chi connectivity index (χ3n) is 8.87. The van der Waals surface area contributed by atoms with Crippen LogP contribution in [0.3, 0.4) is 0 Å². The van der Waals surface area contributed by atoms with Gasteiger partial charge < -0.3 is 30.2 Å². The number of hydrogen-bond acceptors (Lipinski definition) is 6. The summed E-state index contributed by atoms with van der Waals surface area (Å²) in [6, 6.07) is 23.2. The molecule has 0 aliphatic carbocycles. The largest absolute Gasteiger partial charge is 0.449 e. The number of benzene rings is 3. The Kier molecular flexibility index (Phi) is 13.7. The first-order valence-electron chi connectivity index (χ1n) is 17.4. The summed E-state index contributed by atoms with van der Waals surface area (Å²) in [7, 11) is 0. The van der Waals surface area contributed by atoms with Crippen molar-refractivity contribution in [1.82, 2.24) is 16.0 Å². The van der Waals surface area contributed by atoms with Crippen molar-refractivity contribution in [3.05, 3.63) is 126 Å². The molecule has 3 aromatic rings. The Hall–Kier alpha value is -5.31. The van der Waals surface area contributed by atoms with Gasteiger partial charge in [-0.1, -0.05) is 103 Å². The molecule has 0 aromatic heterocycles. The molecule has 0 aliphatic rings. The van der Waals surface area contributed by atoms with Crippen molar-refractivity contribution < 1.29 is 28.6 Å². The Morgan fingerprint density at radius 2 is 1.00 bits per heavy atom. The molecule has 0 fully saturated rings. The molecule has 3 amide bonds. The molecule has 1 atom stereocenters. The highest BCUT2D eigenvalue weighted by Gasteiger charge is 2.29. The van der Waals surface area contributed by atoms with Crippen LogP contribution in [0.25, 0.3) is 16.7 Å². The van der Waals surface area contributed by atoms with Gasteiger partial charge in [-0.15, -0.1) is 0 Å². The van der Waals surface area contributed by atoms with Crippen molar-refractivity contribution in [2.75, 3.05) is 13.2 Å². The molecule has 9 heteroatoms. The molecule has 1 unspecified atom stereocenters. The zero-order chi connectivity index (χ0) is 38.9. The number of nitrogens with one attached hydrogen (secondary N) is 3.